The van der Waals surface area contributed by atoms with Gasteiger partial charge >= 0.3 is 5.97 Å². The molecule has 1 saturated heterocycles. The van der Waals surface area contributed by atoms with Crippen molar-refractivity contribution in [3.05, 3.63) is 47.8 Å². The van der Waals surface area contributed by atoms with Crippen LogP contribution in [0.15, 0.2) is 36.5 Å². The molecule has 0 saturated carbocycles. The lowest BCUT2D eigenvalue weighted by atomic mass is 10.0. The quantitative estimate of drug-likeness (QED) is 0.396. The number of carboxylic acid groups (broad SMARTS) is 1. The Morgan fingerprint density at radius 2 is 1.97 bits per heavy atom. The van der Waals surface area contributed by atoms with Crippen molar-refractivity contribution in [2.24, 2.45) is 0 Å². The Balaban J connectivity index is 1.15. The first kappa shape index (κ1) is 24.9. The zero-order chi connectivity index (χ0) is 24.5. The van der Waals surface area contributed by atoms with Gasteiger partial charge in [-0.25, -0.2) is 14.8 Å². The van der Waals surface area contributed by atoms with Gasteiger partial charge in [-0.1, -0.05) is 37.8 Å². The normalized spacial score (nSPS) is 17.9. The summed E-state index contributed by atoms with van der Waals surface area (Å²) in [6.45, 7) is 1.76. The van der Waals surface area contributed by atoms with Gasteiger partial charge in [-0.05, 0) is 68.7 Å². The highest BCUT2D eigenvalue weighted by Crippen LogP contribution is 2.24. The predicted octanol–water partition coefficient (Wildman–Crippen LogP) is 3.96. The monoisotopic (exact) mass is 479 g/mol. The molecule has 0 spiro atoms. The molecule has 2 aromatic rings. The van der Waals surface area contributed by atoms with E-state index in [0.717, 1.165) is 81.8 Å². The van der Waals surface area contributed by atoms with E-state index in [4.69, 9.17) is 4.98 Å². The lowest BCUT2D eigenvalue weighted by Gasteiger charge is -2.26. The Hall–Kier alpha value is -3.16. The molecule has 1 fully saturated rings. The number of nitrogens with one attached hydrogen (secondary N) is 2. The minimum absolute atomic E-state index is 0.215. The molecule has 2 aliphatic heterocycles. The van der Waals surface area contributed by atoms with E-state index in [9.17, 15) is 14.7 Å². The standard InChI is InChI=1S/C27H37N5O3/c33-26(23-13-9-19-32(23)24-14-6-7-17-28-24)31-22(27(34)35)12-5-3-1-2-4-11-21-16-15-20-10-8-18-29-25(20)30-21/h6-7,14-17,22-23H,1-5,8-13,18-19H2,(H,29,30)(H,31,33)(H,34,35). The molecule has 0 aliphatic carbocycles. The smallest absolute Gasteiger partial charge is 0.326 e. The number of pyridine rings is 2. The third-order valence-electron chi connectivity index (χ3n) is 6.99. The molecule has 3 N–H and O–H groups in total. The SMILES string of the molecule is O=C(O)C(CCCCCCCc1ccc2c(n1)NCCC2)NC(=O)C1CCCN1c1ccccn1. The van der Waals surface area contributed by atoms with E-state index in [1.165, 1.54) is 12.0 Å². The average Bonchev–Trinajstić information content (AvgIpc) is 3.38. The molecule has 35 heavy (non-hydrogen) atoms. The number of carboxylic acids is 1. The van der Waals surface area contributed by atoms with Gasteiger partial charge < -0.3 is 20.6 Å². The highest BCUT2D eigenvalue weighted by atomic mass is 16.4. The van der Waals surface area contributed by atoms with Gasteiger partial charge in [0.15, 0.2) is 0 Å². The van der Waals surface area contributed by atoms with Gasteiger partial charge in [-0.3, -0.25) is 4.79 Å². The van der Waals surface area contributed by atoms with Crippen LogP contribution in [-0.2, 0) is 22.4 Å². The second kappa shape index (κ2) is 12.5. The Kier molecular flexibility index (Phi) is 8.92. The molecule has 4 rings (SSSR count). The van der Waals surface area contributed by atoms with Crippen molar-refractivity contribution >= 4 is 23.5 Å². The number of nitrogens with zero attached hydrogens (tertiary/aromatic N) is 3. The van der Waals surface area contributed by atoms with Crippen LogP contribution in [0.3, 0.4) is 0 Å². The van der Waals surface area contributed by atoms with Crippen molar-refractivity contribution < 1.29 is 14.7 Å². The summed E-state index contributed by atoms with van der Waals surface area (Å²) in [6.07, 6.45) is 12.0. The van der Waals surface area contributed by atoms with Gasteiger partial charge in [0.1, 0.15) is 23.7 Å². The highest BCUT2D eigenvalue weighted by Gasteiger charge is 2.33. The first-order valence-corrected chi connectivity index (χ1v) is 13.1. The maximum Gasteiger partial charge on any atom is 0.326 e. The minimum atomic E-state index is -0.965. The van der Waals surface area contributed by atoms with Crippen LogP contribution in [-0.4, -0.2) is 52.1 Å². The summed E-state index contributed by atoms with van der Waals surface area (Å²) in [7, 11) is 0. The van der Waals surface area contributed by atoms with Gasteiger partial charge in [-0.15, -0.1) is 0 Å². The molecule has 8 nitrogen and oxygen atoms in total. The zero-order valence-corrected chi connectivity index (χ0v) is 20.4. The average molecular weight is 480 g/mol. The lowest BCUT2D eigenvalue weighted by molar-refractivity contribution is -0.142. The Labute approximate surface area is 207 Å². The molecule has 1 amide bonds. The van der Waals surface area contributed by atoms with E-state index in [-0.39, 0.29) is 11.9 Å². The molecule has 2 aliphatic rings. The van der Waals surface area contributed by atoms with Crippen molar-refractivity contribution in [3.8, 4) is 0 Å². The number of anilines is 2. The Bertz CT molecular complexity index is 984. The van der Waals surface area contributed by atoms with Crippen LogP contribution in [0.2, 0.25) is 0 Å². The van der Waals surface area contributed by atoms with E-state index < -0.39 is 12.0 Å². The fourth-order valence-electron chi connectivity index (χ4n) is 5.06. The number of fused-ring (bicyclic) bond motifs is 1. The van der Waals surface area contributed by atoms with Crippen molar-refractivity contribution in [2.45, 2.75) is 82.7 Å². The van der Waals surface area contributed by atoms with E-state index in [0.29, 0.717) is 12.8 Å². The van der Waals surface area contributed by atoms with Gasteiger partial charge in [0.2, 0.25) is 5.91 Å². The van der Waals surface area contributed by atoms with E-state index in [1.54, 1.807) is 6.20 Å². The third kappa shape index (κ3) is 6.93. The fourth-order valence-corrected chi connectivity index (χ4v) is 5.06. The number of aliphatic carboxylic acids is 1. The Morgan fingerprint density at radius 3 is 2.80 bits per heavy atom. The number of amides is 1. The predicted molar refractivity (Wildman–Crippen MR) is 137 cm³/mol. The second-order valence-electron chi connectivity index (χ2n) is 9.59. The molecule has 0 radical (unpaired) electrons. The Morgan fingerprint density at radius 1 is 1.11 bits per heavy atom. The van der Waals surface area contributed by atoms with Gasteiger partial charge in [-0.2, -0.15) is 0 Å². The fraction of sp³-hybridized carbons (Fsp3) is 0.556. The first-order chi connectivity index (χ1) is 17.1. The van der Waals surface area contributed by atoms with Crippen LogP contribution in [0.1, 0.15) is 69.0 Å². The number of hydrogen-bond acceptors (Lipinski definition) is 6. The van der Waals surface area contributed by atoms with Crippen molar-refractivity contribution in [2.75, 3.05) is 23.3 Å². The van der Waals surface area contributed by atoms with Crippen LogP contribution >= 0.6 is 0 Å². The van der Waals surface area contributed by atoms with Gasteiger partial charge in [0.05, 0.1) is 0 Å². The summed E-state index contributed by atoms with van der Waals surface area (Å²) in [4.78, 5) is 35.7. The van der Waals surface area contributed by atoms with E-state index in [1.807, 2.05) is 23.1 Å². The highest BCUT2D eigenvalue weighted by molar-refractivity contribution is 5.89. The molecular weight excluding hydrogens is 442 g/mol. The van der Waals surface area contributed by atoms with Crippen LogP contribution < -0.4 is 15.5 Å². The minimum Gasteiger partial charge on any atom is -0.480 e. The van der Waals surface area contributed by atoms with Crippen LogP contribution in [0.4, 0.5) is 11.6 Å². The molecule has 188 valence electrons. The van der Waals surface area contributed by atoms with Crippen LogP contribution in [0, 0.1) is 0 Å². The number of aromatic nitrogens is 2. The number of hydrogen-bond donors (Lipinski definition) is 3. The molecule has 4 heterocycles. The maximum absolute atomic E-state index is 12.9. The van der Waals surface area contributed by atoms with Crippen molar-refractivity contribution in [1.29, 1.82) is 0 Å². The van der Waals surface area contributed by atoms with E-state index in [2.05, 4.69) is 27.8 Å². The van der Waals surface area contributed by atoms with Crippen LogP contribution in [0.25, 0.3) is 0 Å². The summed E-state index contributed by atoms with van der Waals surface area (Å²) < 4.78 is 0. The van der Waals surface area contributed by atoms with Crippen molar-refractivity contribution in [1.82, 2.24) is 15.3 Å². The summed E-state index contributed by atoms with van der Waals surface area (Å²) in [5.41, 5.74) is 2.45. The zero-order valence-electron chi connectivity index (χ0n) is 20.4. The van der Waals surface area contributed by atoms with Crippen molar-refractivity contribution in [3.63, 3.8) is 0 Å². The van der Waals surface area contributed by atoms with Gasteiger partial charge in [0.25, 0.3) is 0 Å². The second-order valence-corrected chi connectivity index (χ2v) is 9.59. The molecular formula is C27H37N5O3. The van der Waals surface area contributed by atoms with E-state index >= 15 is 0 Å². The van der Waals surface area contributed by atoms with Gasteiger partial charge in [0, 0.05) is 25.0 Å². The molecule has 2 atom stereocenters. The number of rotatable bonds is 12. The number of unbranched alkanes of at least 4 members (excludes halogenated alkanes) is 4. The summed E-state index contributed by atoms with van der Waals surface area (Å²) >= 11 is 0. The first-order valence-electron chi connectivity index (χ1n) is 13.1. The lowest BCUT2D eigenvalue weighted by Crippen LogP contribution is -2.49. The number of carbonyl (C=O) groups is 2. The summed E-state index contributed by atoms with van der Waals surface area (Å²) in [6, 6.07) is 8.77. The molecule has 2 aromatic heterocycles. The largest absolute Gasteiger partial charge is 0.480 e. The van der Waals surface area contributed by atoms with Crippen LogP contribution in [0.5, 0.6) is 0 Å². The molecule has 0 bridgehead atoms. The molecule has 2 unspecified atom stereocenters. The maximum atomic E-state index is 12.9. The summed E-state index contributed by atoms with van der Waals surface area (Å²) in [5.74, 6) is 0.635. The number of aryl methyl sites for hydroxylation is 2. The molecule has 8 heteroatoms. The number of carbonyl (C=O) groups excluding carboxylic acids is 1. The summed E-state index contributed by atoms with van der Waals surface area (Å²) in [5, 5.41) is 15.8. The third-order valence-corrected chi connectivity index (χ3v) is 6.99. The topological polar surface area (TPSA) is 107 Å². The molecule has 0 aromatic carbocycles.